The van der Waals surface area contributed by atoms with Crippen LogP contribution in [0.5, 0.6) is 0 Å². The Labute approximate surface area is 106 Å². The van der Waals surface area contributed by atoms with Crippen molar-refractivity contribution in [3.63, 3.8) is 0 Å². The zero-order valence-electron chi connectivity index (χ0n) is 10.4. The zero-order valence-corrected chi connectivity index (χ0v) is 13.1. The van der Waals surface area contributed by atoms with E-state index in [1.54, 1.807) is 0 Å². The molecule has 0 radical (unpaired) electrons. The molecule has 0 bridgehead atoms. The first-order chi connectivity index (χ1) is 7.54. The van der Waals surface area contributed by atoms with Crippen LogP contribution in [0.1, 0.15) is 44.9 Å². The fourth-order valence-corrected chi connectivity index (χ4v) is 3.00. The van der Waals surface area contributed by atoms with E-state index >= 15 is 0 Å². The average molecular weight is 391 g/mol. The van der Waals surface area contributed by atoms with E-state index in [0.29, 0.717) is 11.8 Å². The van der Waals surface area contributed by atoms with Gasteiger partial charge in [-0.3, -0.25) is 0 Å². The predicted octanol–water partition coefficient (Wildman–Crippen LogP) is 3.42. The Morgan fingerprint density at radius 1 is 1.31 bits per heavy atom. The summed E-state index contributed by atoms with van der Waals surface area (Å²) < 4.78 is 9.08. The van der Waals surface area contributed by atoms with Crippen LogP contribution in [-0.4, -0.2) is 8.97 Å². The van der Waals surface area contributed by atoms with E-state index in [4.69, 9.17) is 3.99 Å². The van der Waals surface area contributed by atoms with Gasteiger partial charge in [-0.1, -0.05) is 0 Å². The number of aromatic nitrogens is 1. The van der Waals surface area contributed by atoms with E-state index < -0.39 is 17.3 Å². The zero-order chi connectivity index (χ0) is 12.1. The summed E-state index contributed by atoms with van der Waals surface area (Å²) in [7, 11) is 0. The second-order valence-electron chi connectivity index (χ2n) is 4.62. The third-order valence-corrected chi connectivity index (χ3v) is 5.48. The van der Waals surface area contributed by atoms with Crippen molar-refractivity contribution in [1.82, 2.24) is 4.98 Å². The monoisotopic (exact) mass is 391 g/mol. The predicted molar refractivity (Wildman–Crippen MR) is 64.6 cm³/mol. The Balaban J connectivity index is 2.80. The van der Waals surface area contributed by atoms with Crippen LogP contribution in [-0.2, 0) is 23.8 Å². The number of hydrogen-bond acceptors (Lipinski definition) is 2. The number of nitrogens with one attached hydrogen (secondary N) is 1. The molecule has 0 spiro atoms. The molecular weight excluding hydrogens is 370 g/mol. The first-order valence-corrected chi connectivity index (χ1v) is 8.37. The van der Waals surface area contributed by atoms with Gasteiger partial charge in [0.1, 0.15) is 0 Å². The minimum atomic E-state index is -0.867. The summed E-state index contributed by atoms with van der Waals surface area (Å²) in [6, 6.07) is 4.28. The van der Waals surface area contributed by atoms with Gasteiger partial charge < -0.3 is 0 Å². The van der Waals surface area contributed by atoms with Crippen molar-refractivity contribution >= 4 is 3.98 Å². The van der Waals surface area contributed by atoms with Gasteiger partial charge in [0.05, 0.1) is 0 Å². The molecular formula is C13H20N2Re. The van der Waals surface area contributed by atoms with Crippen LogP contribution in [0.4, 0.5) is 0 Å². The van der Waals surface area contributed by atoms with Gasteiger partial charge in [0.15, 0.2) is 0 Å². The van der Waals surface area contributed by atoms with Crippen molar-refractivity contribution in [2.45, 2.75) is 40.0 Å². The van der Waals surface area contributed by atoms with Gasteiger partial charge >= 0.3 is 106 Å². The Hall–Kier alpha value is -0.518. The van der Waals surface area contributed by atoms with E-state index in [1.807, 2.05) is 6.20 Å². The normalized spacial score (nSPS) is 10.9. The van der Waals surface area contributed by atoms with Crippen LogP contribution >= 0.6 is 0 Å². The Morgan fingerprint density at radius 3 is 2.38 bits per heavy atom. The van der Waals surface area contributed by atoms with Crippen molar-refractivity contribution < 1.29 is 17.3 Å². The van der Waals surface area contributed by atoms with Crippen molar-refractivity contribution in [2.75, 3.05) is 0 Å². The molecule has 0 aliphatic carbocycles. The van der Waals surface area contributed by atoms with Crippen molar-refractivity contribution in [1.29, 1.82) is 3.99 Å². The van der Waals surface area contributed by atoms with E-state index in [2.05, 4.69) is 44.8 Å². The minimum absolute atomic E-state index is 0.495. The molecule has 1 rings (SSSR count). The van der Waals surface area contributed by atoms with Crippen LogP contribution in [0.3, 0.4) is 0 Å². The SMILES string of the molecule is CC(C)[C](Cc1ccc(C(C)C)nc1)=[Re]=[NH]. The quantitative estimate of drug-likeness (QED) is 0.840. The Kier molecular flexibility index (Phi) is 5.31. The van der Waals surface area contributed by atoms with E-state index in [1.165, 1.54) is 9.55 Å². The molecule has 0 saturated heterocycles. The van der Waals surface area contributed by atoms with Crippen LogP contribution < -0.4 is 0 Å². The molecule has 0 fully saturated rings. The topological polar surface area (TPSA) is 36.7 Å². The summed E-state index contributed by atoms with van der Waals surface area (Å²) in [5.41, 5.74) is 2.41. The summed E-state index contributed by atoms with van der Waals surface area (Å²) in [6.07, 6.45) is 2.94. The Bertz CT molecular complexity index is 387. The van der Waals surface area contributed by atoms with Gasteiger partial charge in [0, 0.05) is 0 Å². The maximum absolute atomic E-state index is 7.65. The molecule has 89 valence electrons. The molecule has 3 heteroatoms. The molecule has 0 saturated carbocycles. The van der Waals surface area contributed by atoms with E-state index in [9.17, 15) is 0 Å². The summed E-state index contributed by atoms with van der Waals surface area (Å²) in [5.74, 6) is 1.05. The molecule has 1 aromatic heterocycles. The van der Waals surface area contributed by atoms with Gasteiger partial charge in [-0.25, -0.2) is 0 Å². The van der Waals surface area contributed by atoms with Crippen LogP contribution in [0.2, 0.25) is 0 Å². The molecule has 2 nitrogen and oxygen atoms in total. The van der Waals surface area contributed by atoms with Crippen LogP contribution in [0.15, 0.2) is 18.3 Å². The van der Waals surface area contributed by atoms with Crippen molar-refractivity contribution in [3.05, 3.63) is 29.6 Å². The number of rotatable bonds is 4. The van der Waals surface area contributed by atoms with Crippen LogP contribution in [0, 0.1) is 9.91 Å². The van der Waals surface area contributed by atoms with Gasteiger partial charge in [-0.2, -0.15) is 0 Å². The summed E-state index contributed by atoms with van der Waals surface area (Å²) in [6.45, 7) is 8.70. The van der Waals surface area contributed by atoms with E-state index in [-0.39, 0.29) is 0 Å². The summed E-state index contributed by atoms with van der Waals surface area (Å²) >= 11 is -0.867. The molecule has 0 aliphatic rings. The molecule has 0 aliphatic heterocycles. The number of pyridine rings is 1. The molecule has 0 amide bonds. The first kappa shape index (κ1) is 13.5. The average Bonchev–Trinajstić information content (AvgIpc) is 2.26. The van der Waals surface area contributed by atoms with Gasteiger partial charge in [0.2, 0.25) is 0 Å². The van der Waals surface area contributed by atoms with Gasteiger partial charge in [0.25, 0.3) is 0 Å². The van der Waals surface area contributed by atoms with Crippen LogP contribution in [0.25, 0.3) is 0 Å². The second kappa shape index (κ2) is 6.27. The maximum atomic E-state index is 7.65. The molecule has 16 heavy (non-hydrogen) atoms. The second-order valence-corrected chi connectivity index (χ2v) is 7.04. The number of nitrogens with zero attached hydrogens (tertiary/aromatic N) is 1. The summed E-state index contributed by atoms with van der Waals surface area (Å²) in [4.78, 5) is 4.47. The molecule has 0 unspecified atom stereocenters. The number of hydrogen-bond donors (Lipinski definition) is 1. The fourth-order valence-electron chi connectivity index (χ4n) is 1.42. The van der Waals surface area contributed by atoms with Gasteiger partial charge in [-0.05, 0) is 0 Å². The third kappa shape index (κ3) is 3.81. The molecule has 1 N–H and O–H groups in total. The fraction of sp³-hybridized carbons (Fsp3) is 0.538. The first-order valence-electron chi connectivity index (χ1n) is 5.65. The molecule has 0 atom stereocenters. The summed E-state index contributed by atoms with van der Waals surface area (Å²) in [5, 5.41) is 0. The Morgan fingerprint density at radius 2 is 2.00 bits per heavy atom. The molecule has 1 aromatic rings. The molecule has 1 heterocycles. The van der Waals surface area contributed by atoms with Crippen molar-refractivity contribution in [2.24, 2.45) is 5.92 Å². The standard InChI is InChI=1S/C13H19N.HN.Re/c1-10(2)5-6-12-7-8-13(11(3)4)14-9-12;;/h7-11H,6H2,1-4H3;1H;. The van der Waals surface area contributed by atoms with Gasteiger partial charge in [-0.15, -0.1) is 0 Å². The van der Waals surface area contributed by atoms with E-state index in [0.717, 1.165) is 12.1 Å². The van der Waals surface area contributed by atoms with Crippen molar-refractivity contribution in [3.8, 4) is 0 Å². The third-order valence-electron chi connectivity index (χ3n) is 2.56. The molecule has 0 aromatic carbocycles.